The molecule has 0 bridgehead atoms. The molecule has 112 valence electrons. The number of nitrogens with zero attached hydrogens (tertiary/aromatic N) is 3. The number of halogens is 1. The fourth-order valence-corrected chi connectivity index (χ4v) is 2.93. The van der Waals surface area contributed by atoms with E-state index in [0.717, 1.165) is 8.96 Å². The van der Waals surface area contributed by atoms with Gasteiger partial charge in [-0.3, -0.25) is 0 Å². The summed E-state index contributed by atoms with van der Waals surface area (Å²) in [7, 11) is 1.34. The largest absolute Gasteiger partial charge is 0.392 e. The molecule has 4 N–H and O–H groups in total. The van der Waals surface area contributed by atoms with Gasteiger partial charge in [0.05, 0.1) is 18.5 Å². The Kier molecular flexibility index (Phi) is 4.67. The molecule has 0 aromatic carbocycles. The monoisotopic (exact) mass is 402 g/mol. The van der Waals surface area contributed by atoms with E-state index < -0.39 is 18.3 Å². The molecule has 0 aliphatic carbocycles. The lowest BCUT2D eigenvalue weighted by Crippen LogP contribution is -2.48. The van der Waals surface area contributed by atoms with E-state index >= 15 is 0 Å². The van der Waals surface area contributed by atoms with Crippen LogP contribution in [0.3, 0.4) is 0 Å². The third-order valence-electron chi connectivity index (χ3n) is 3.39. The van der Waals surface area contributed by atoms with Gasteiger partial charge < -0.3 is 25.3 Å². The van der Waals surface area contributed by atoms with Gasteiger partial charge in [0.15, 0.2) is 5.60 Å². The molecule has 0 saturated carbocycles. The molecule has 2 aromatic rings. The average Bonchev–Trinajstić information content (AvgIpc) is 2.79. The van der Waals surface area contributed by atoms with Gasteiger partial charge in [-0.05, 0) is 22.6 Å². The molecule has 0 unspecified atom stereocenters. The number of aliphatic hydroxyl groups excluding tert-OH is 2. The SMILES string of the molecule is C#C[C@](CO)(OC)[C@@H](O)Cn1cc(I)c2c(N)ncnc21. The minimum Gasteiger partial charge on any atom is -0.392 e. The Morgan fingerprint density at radius 2 is 2.33 bits per heavy atom. The quantitative estimate of drug-likeness (QED) is 0.480. The van der Waals surface area contributed by atoms with Crippen molar-refractivity contribution in [2.45, 2.75) is 18.2 Å². The summed E-state index contributed by atoms with van der Waals surface area (Å²) in [6, 6.07) is 0. The number of terminal acetylenes is 1. The van der Waals surface area contributed by atoms with Crippen molar-refractivity contribution < 1.29 is 14.9 Å². The number of methoxy groups -OCH3 is 1. The van der Waals surface area contributed by atoms with E-state index in [0.29, 0.717) is 11.5 Å². The maximum atomic E-state index is 10.3. The Balaban J connectivity index is 2.41. The summed E-state index contributed by atoms with van der Waals surface area (Å²) >= 11 is 2.12. The molecule has 0 aliphatic rings. The van der Waals surface area contributed by atoms with E-state index in [2.05, 4.69) is 38.5 Å². The fraction of sp³-hybridized carbons (Fsp3) is 0.385. The first-order chi connectivity index (χ1) is 9.99. The van der Waals surface area contributed by atoms with E-state index in [-0.39, 0.29) is 6.54 Å². The van der Waals surface area contributed by atoms with Crippen LogP contribution in [0.25, 0.3) is 11.0 Å². The second-order valence-corrected chi connectivity index (χ2v) is 5.66. The highest BCUT2D eigenvalue weighted by molar-refractivity contribution is 14.1. The third-order valence-corrected chi connectivity index (χ3v) is 4.21. The third kappa shape index (κ3) is 2.69. The van der Waals surface area contributed by atoms with E-state index in [1.807, 2.05) is 0 Å². The predicted molar refractivity (Wildman–Crippen MR) is 86.3 cm³/mol. The zero-order valence-corrected chi connectivity index (χ0v) is 13.5. The van der Waals surface area contributed by atoms with Crippen molar-refractivity contribution in [3.63, 3.8) is 0 Å². The zero-order chi connectivity index (χ0) is 15.6. The number of fused-ring (bicyclic) bond motifs is 1. The lowest BCUT2D eigenvalue weighted by molar-refractivity contribution is -0.0947. The van der Waals surface area contributed by atoms with Crippen LogP contribution >= 0.6 is 22.6 Å². The minimum absolute atomic E-state index is 0.106. The van der Waals surface area contributed by atoms with Crippen molar-refractivity contribution in [3.05, 3.63) is 16.1 Å². The van der Waals surface area contributed by atoms with E-state index in [1.165, 1.54) is 13.4 Å². The van der Waals surface area contributed by atoms with Gasteiger partial charge in [0.1, 0.15) is 23.9 Å². The molecule has 0 saturated heterocycles. The van der Waals surface area contributed by atoms with Gasteiger partial charge in [-0.2, -0.15) is 0 Å². The van der Waals surface area contributed by atoms with Gasteiger partial charge >= 0.3 is 0 Å². The van der Waals surface area contributed by atoms with Gasteiger partial charge in [-0.25, -0.2) is 9.97 Å². The molecular weight excluding hydrogens is 387 g/mol. The number of rotatable bonds is 5. The van der Waals surface area contributed by atoms with Crippen LogP contribution < -0.4 is 5.73 Å². The highest BCUT2D eigenvalue weighted by Gasteiger charge is 2.36. The molecule has 2 heterocycles. The summed E-state index contributed by atoms with van der Waals surface area (Å²) in [6.07, 6.45) is 7.40. The smallest absolute Gasteiger partial charge is 0.178 e. The van der Waals surface area contributed by atoms with Crippen molar-refractivity contribution in [3.8, 4) is 12.3 Å². The zero-order valence-electron chi connectivity index (χ0n) is 11.3. The lowest BCUT2D eigenvalue weighted by Gasteiger charge is -2.30. The molecule has 21 heavy (non-hydrogen) atoms. The van der Waals surface area contributed by atoms with Gasteiger partial charge in [-0.15, -0.1) is 6.42 Å². The molecule has 0 spiro atoms. The lowest BCUT2D eigenvalue weighted by atomic mass is 9.98. The highest BCUT2D eigenvalue weighted by atomic mass is 127. The number of hydrogen-bond acceptors (Lipinski definition) is 6. The molecule has 2 atom stereocenters. The van der Waals surface area contributed by atoms with Crippen LogP contribution in [0.2, 0.25) is 0 Å². The minimum atomic E-state index is -1.46. The summed E-state index contributed by atoms with van der Waals surface area (Å²) in [6.45, 7) is -0.386. The molecular formula is C13H15IN4O3. The summed E-state index contributed by atoms with van der Waals surface area (Å²) in [4.78, 5) is 8.12. The van der Waals surface area contributed by atoms with Crippen molar-refractivity contribution >= 4 is 39.4 Å². The first-order valence-corrected chi connectivity index (χ1v) is 7.13. The van der Waals surface area contributed by atoms with Crippen LogP contribution in [-0.2, 0) is 11.3 Å². The summed E-state index contributed by atoms with van der Waals surface area (Å²) in [5, 5.41) is 20.4. The number of nitrogen functional groups attached to an aromatic ring is 1. The molecule has 7 nitrogen and oxygen atoms in total. The van der Waals surface area contributed by atoms with Crippen molar-refractivity contribution in [2.24, 2.45) is 0 Å². The second-order valence-electron chi connectivity index (χ2n) is 4.50. The molecule has 0 aliphatic heterocycles. The van der Waals surface area contributed by atoms with Crippen LogP contribution in [0.15, 0.2) is 12.5 Å². The van der Waals surface area contributed by atoms with Gasteiger partial charge in [0, 0.05) is 16.9 Å². The van der Waals surface area contributed by atoms with Crippen molar-refractivity contribution in [1.29, 1.82) is 0 Å². The first kappa shape index (κ1) is 16.0. The Labute approximate surface area is 135 Å². The molecule has 0 radical (unpaired) electrons. The van der Waals surface area contributed by atoms with Crippen LogP contribution in [-0.4, -0.2) is 50.2 Å². The second kappa shape index (κ2) is 6.15. The van der Waals surface area contributed by atoms with Crippen LogP contribution in [0.4, 0.5) is 5.82 Å². The average molecular weight is 402 g/mol. The molecule has 2 aromatic heterocycles. The summed E-state index contributed by atoms with van der Waals surface area (Å²) < 4.78 is 7.67. The Morgan fingerprint density at radius 3 is 2.90 bits per heavy atom. The Bertz CT molecular complexity index is 691. The van der Waals surface area contributed by atoms with Crippen molar-refractivity contribution in [2.75, 3.05) is 19.5 Å². The number of hydrogen-bond donors (Lipinski definition) is 3. The van der Waals surface area contributed by atoms with Gasteiger partial charge in [-0.1, -0.05) is 5.92 Å². The predicted octanol–water partition coefficient (Wildman–Crippen LogP) is -0.0103. The summed E-state index contributed by atoms with van der Waals surface area (Å²) in [5.74, 6) is 2.68. The maximum absolute atomic E-state index is 10.3. The van der Waals surface area contributed by atoms with Crippen LogP contribution in [0, 0.1) is 15.9 Å². The van der Waals surface area contributed by atoms with E-state index in [9.17, 15) is 10.2 Å². The van der Waals surface area contributed by atoms with Gasteiger partial charge in [0.2, 0.25) is 0 Å². The first-order valence-electron chi connectivity index (χ1n) is 6.05. The highest BCUT2D eigenvalue weighted by Crippen LogP contribution is 2.26. The Morgan fingerprint density at radius 1 is 1.62 bits per heavy atom. The Hall–Kier alpha value is -1.41. The molecule has 2 rings (SSSR count). The summed E-state index contributed by atoms with van der Waals surface area (Å²) in [5.41, 5.74) is 4.97. The number of aromatic nitrogens is 3. The van der Waals surface area contributed by atoms with Crippen molar-refractivity contribution in [1.82, 2.24) is 14.5 Å². The maximum Gasteiger partial charge on any atom is 0.178 e. The number of anilines is 1. The fourth-order valence-electron chi connectivity index (χ4n) is 2.08. The topological polar surface area (TPSA) is 106 Å². The number of nitrogens with two attached hydrogens (primary N) is 1. The standard InChI is InChI=1S/C13H15IN4O3/c1-3-13(6-19,21-2)9(20)5-18-4-8(14)10-11(15)16-7-17-12(10)18/h1,4,7,9,19-20H,5-6H2,2H3,(H2,15,16,17)/t9-,13+/m0/s1. The van der Waals surface area contributed by atoms with Gasteiger partial charge in [0.25, 0.3) is 0 Å². The normalized spacial score (nSPS) is 15.6. The number of ether oxygens (including phenoxy) is 1. The van der Waals surface area contributed by atoms with E-state index in [1.54, 1.807) is 10.8 Å². The van der Waals surface area contributed by atoms with Crippen LogP contribution in [0.1, 0.15) is 0 Å². The number of aliphatic hydroxyl groups is 2. The molecule has 0 amide bonds. The van der Waals surface area contributed by atoms with E-state index in [4.69, 9.17) is 16.9 Å². The van der Waals surface area contributed by atoms with Crippen LogP contribution in [0.5, 0.6) is 0 Å². The molecule has 8 heteroatoms. The molecule has 0 fully saturated rings.